The molecule has 148 valence electrons. The molecule has 1 aromatic heterocycles. The van der Waals surface area contributed by atoms with Crippen molar-refractivity contribution >= 4 is 34.8 Å². The van der Waals surface area contributed by atoms with Crippen molar-refractivity contribution in [2.75, 3.05) is 17.2 Å². The molecular formula is C18H15ClF3N3O3. The zero-order valence-corrected chi connectivity index (χ0v) is 15.1. The molecule has 2 aromatic rings. The van der Waals surface area contributed by atoms with E-state index in [9.17, 15) is 22.8 Å². The normalized spacial score (nSPS) is 16.6. The lowest BCUT2D eigenvalue weighted by atomic mass is 10.1. The topological polar surface area (TPSA) is 80.3 Å². The van der Waals surface area contributed by atoms with Crippen molar-refractivity contribution in [3.63, 3.8) is 0 Å². The number of carbonyl (C=O) groups is 2. The zero-order valence-electron chi connectivity index (χ0n) is 14.3. The Labute approximate surface area is 163 Å². The summed E-state index contributed by atoms with van der Waals surface area (Å²) in [7, 11) is 0. The number of anilines is 2. The number of pyridine rings is 1. The highest BCUT2D eigenvalue weighted by atomic mass is 35.5. The van der Waals surface area contributed by atoms with Crippen LogP contribution < -0.4 is 10.6 Å². The van der Waals surface area contributed by atoms with Crippen molar-refractivity contribution < 1.29 is 27.5 Å². The molecule has 1 aliphatic rings. The lowest BCUT2D eigenvalue weighted by molar-refractivity contribution is -0.137. The maximum Gasteiger partial charge on any atom is 0.418 e. The first-order valence-corrected chi connectivity index (χ1v) is 8.68. The Kier molecular flexibility index (Phi) is 5.85. The van der Waals surface area contributed by atoms with Crippen LogP contribution in [0.15, 0.2) is 36.5 Å². The molecule has 1 saturated heterocycles. The van der Waals surface area contributed by atoms with E-state index in [4.69, 9.17) is 16.3 Å². The molecule has 0 saturated carbocycles. The third-order valence-corrected chi connectivity index (χ3v) is 4.25. The number of benzene rings is 1. The molecule has 1 aromatic carbocycles. The van der Waals surface area contributed by atoms with Crippen LogP contribution in [-0.2, 0) is 15.7 Å². The van der Waals surface area contributed by atoms with E-state index in [0.29, 0.717) is 19.4 Å². The molecule has 3 rings (SSSR count). The Morgan fingerprint density at radius 3 is 2.61 bits per heavy atom. The molecule has 0 aliphatic carbocycles. The minimum absolute atomic E-state index is 0.0493. The van der Waals surface area contributed by atoms with Crippen LogP contribution in [0.1, 0.15) is 28.9 Å². The number of nitrogens with zero attached hydrogens (tertiary/aromatic N) is 1. The van der Waals surface area contributed by atoms with Gasteiger partial charge in [-0.1, -0.05) is 11.6 Å². The van der Waals surface area contributed by atoms with Crippen LogP contribution in [0.5, 0.6) is 0 Å². The van der Waals surface area contributed by atoms with E-state index in [0.717, 1.165) is 12.1 Å². The molecule has 0 radical (unpaired) electrons. The average Bonchev–Trinajstić information content (AvgIpc) is 3.17. The van der Waals surface area contributed by atoms with Gasteiger partial charge in [0.1, 0.15) is 11.8 Å². The van der Waals surface area contributed by atoms with Gasteiger partial charge in [-0.05, 0) is 43.2 Å². The monoisotopic (exact) mass is 413 g/mol. The minimum Gasteiger partial charge on any atom is -0.368 e. The second kappa shape index (κ2) is 8.15. The van der Waals surface area contributed by atoms with Crippen LogP contribution in [0.25, 0.3) is 0 Å². The van der Waals surface area contributed by atoms with Crippen molar-refractivity contribution in [3.05, 3.63) is 52.8 Å². The molecule has 1 unspecified atom stereocenters. The Bertz CT molecular complexity index is 899. The third-order valence-electron chi connectivity index (χ3n) is 4.02. The van der Waals surface area contributed by atoms with Gasteiger partial charge in [0.2, 0.25) is 0 Å². The van der Waals surface area contributed by atoms with Gasteiger partial charge < -0.3 is 15.4 Å². The van der Waals surface area contributed by atoms with Crippen molar-refractivity contribution in [2.45, 2.75) is 25.1 Å². The predicted octanol–water partition coefficient (Wildman–Crippen LogP) is 4.12. The molecule has 2 N–H and O–H groups in total. The largest absolute Gasteiger partial charge is 0.418 e. The second-order valence-electron chi connectivity index (χ2n) is 6.06. The number of carbonyl (C=O) groups excluding carboxylic acids is 2. The van der Waals surface area contributed by atoms with Gasteiger partial charge in [-0.25, -0.2) is 0 Å². The summed E-state index contributed by atoms with van der Waals surface area (Å²) < 4.78 is 45.6. The Morgan fingerprint density at radius 2 is 1.96 bits per heavy atom. The maximum absolute atomic E-state index is 13.5. The number of amides is 2. The van der Waals surface area contributed by atoms with Crippen molar-refractivity contribution in [3.8, 4) is 0 Å². The fourth-order valence-corrected chi connectivity index (χ4v) is 2.85. The number of hydrogen-bond acceptors (Lipinski definition) is 4. The molecule has 1 fully saturated rings. The molecule has 6 nitrogen and oxygen atoms in total. The van der Waals surface area contributed by atoms with Gasteiger partial charge in [-0.3, -0.25) is 14.6 Å². The second-order valence-corrected chi connectivity index (χ2v) is 6.50. The van der Waals surface area contributed by atoms with E-state index in [2.05, 4.69) is 15.6 Å². The van der Waals surface area contributed by atoms with Gasteiger partial charge >= 0.3 is 6.18 Å². The molecular weight excluding hydrogens is 399 g/mol. The van der Waals surface area contributed by atoms with Crippen LogP contribution in [-0.4, -0.2) is 29.5 Å². The van der Waals surface area contributed by atoms with Gasteiger partial charge in [0.05, 0.1) is 11.3 Å². The average molecular weight is 414 g/mol. The minimum atomic E-state index is -4.75. The number of hydrogen-bond donors (Lipinski definition) is 2. The lowest BCUT2D eigenvalue weighted by Crippen LogP contribution is -2.27. The number of aromatic nitrogens is 1. The number of rotatable bonds is 4. The van der Waals surface area contributed by atoms with Gasteiger partial charge in [0, 0.05) is 23.5 Å². The molecule has 1 atom stereocenters. The standard InChI is InChI=1S/C18H15ClF3N3O3/c19-10-5-6-23-14(8-10)16(26)25-13-4-3-11(9-12(13)18(20,21)22)24-17(27)15-2-1-7-28-15/h3-6,8-9,15H,1-2,7H2,(H,24,27)(H,25,26). The third kappa shape index (κ3) is 4.79. The summed E-state index contributed by atoms with van der Waals surface area (Å²) in [5, 5.41) is 4.81. The molecule has 0 bridgehead atoms. The highest BCUT2D eigenvalue weighted by molar-refractivity contribution is 6.31. The number of ether oxygens (including phenoxy) is 1. The fraction of sp³-hybridized carbons (Fsp3) is 0.278. The van der Waals surface area contributed by atoms with Crippen molar-refractivity contribution in [1.82, 2.24) is 4.98 Å². The van der Waals surface area contributed by atoms with Crippen LogP contribution in [0.3, 0.4) is 0 Å². The molecule has 0 spiro atoms. The Balaban J connectivity index is 1.82. The molecule has 10 heteroatoms. The quantitative estimate of drug-likeness (QED) is 0.790. The van der Waals surface area contributed by atoms with E-state index >= 15 is 0 Å². The Hall–Kier alpha value is -2.65. The predicted molar refractivity (Wildman–Crippen MR) is 96.2 cm³/mol. The van der Waals surface area contributed by atoms with E-state index in [-0.39, 0.29) is 16.4 Å². The highest BCUT2D eigenvalue weighted by Gasteiger charge is 2.35. The number of nitrogens with one attached hydrogen (secondary N) is 2. The van der Waals surface area contributed by atoms with Crippen LogP contribution >= 0.6 is 11.6 Å². The lowest BCUT2D eigenvalue weighted by Gasteiger charge is -2.16. The van der Waals surface area contributed by atoms with Crippen LogP contribution in [0.4, 0.5) is 24.5 Å². The summed E-state index contributed by atoms with van der Waals surface area (Å²) in [5.41, 5.74) is -1.74. The summed E-state index contributed by atoms with van der Waals surface area (Å²) in [6, 6.07) is 5.76. The summed E-state index contributed by atoms with van der Waals surface area (Å²) in [5.74, 6) is -1.35. The van der Waals surface area contributed by atoms with Crippen molar-refractivity contribution in [1.29, 1.82) is 0 Å². The van der Waals surface area contributed by atoms with E-state index < -0.39 is 35.3 Å². The van der Waals surface area contributed by atoms with Gasteiger partial charge in [0.15, 0.2) is 0 Å². The molecule has 1 aliphatic heterocycles. The van der Waals surface area contributed by atoms with E-state index in [1.165, 1.54) is 24.4 Å². The highest BCUT2D eigenvalue weighted by Crippen LogP contribution is 2.37. The van der Waals surface area contributed by atoms with Gasteiger partial charge in [-0.15, -0.1) is 0 Å². The van der Waals surface area contributed by atoms with E-state index in [1.807, 2.05) is 0 Å². The zero-order chi connectivity index (χ0) is 20.3. The van der Waals surface area contributed by atoms with Crippen LogP contribution in [0, 0.1) is 0 Å². The van der Waals surface area contributed by atoms with Gasteiger partial charge in [0.25, 0.3) is 11.8 Å². The molecule has 2 heterocycles. The van der Waals surface area contributed by atoms with Gasteiger partial charge in [-0.2, -0.15) is 13.2 Å². The summed E-state index contributed by atoms with van der Waals surface area (Å²) in [4.78, 5) is 28.0. The molecule has 28 heavy (non-hydrogen) atoms. The number of halogens is 4. The van der Waals surface area contributed by atoms with Crippen LogP contribution in [0.2, 0.25) is 5.02 Å². The summed E-state index contributed by atoms with van der Waals surface area (Å²) in [6.45, 7) is 0.439. The summed E-state index contributed by atoms with van der Waals surface area (Å²) >= 11 is 5.77. The SMILES string of the molecule is O=C(Nc1ccc(NC(=O)C2CCCO2)cc1C(F)(F)F)c1cc(Cl)ccn1. The number of alkyl halides is 3. The Morgan fingerprint density at radius 1 is 1.18 bits per heavy atom. The fourth-order valence-electron chi connectivity index (χ4n) is 2.69. The first-order valence-electron chi connectivity index (χ1n) is 8.30. The molecule has 2 amide bonds. The first kappa shape index (κ1) is 20.1. The summed E-state index contributed by atoms with van der Waals surface area (Å²) in [6.07, 6.45) is -2.93. The van der Waals surface area contributed by atoms with E-state index in [1.54, 1.807) is 0 Å². The smallest absolute Gasteiger partial charge is 0.368 e. The van der Waals surface area contributed by atoms with Crippen molar-refractivity contribution in [2.24, 2.45) is 0 Å². The maximum atomic E-state index is 13.5. The first-order chi connectivity index (χ1) is 13.2.